The molecular formula is C18H22O6S. The topological polar surface area (TPSA) is 94.6 Å². The van der Waals surface area contributed by atoms with Crippen LogP contribution >= 0.6 is 0 Å². The minimum absolute atomic E-state index is 0.157. The quantitative estimate of drug-likeness (QED) is 0.431. The zero-order chi connectivity index (χ0) is 19.5. The van der Waals surface area contributed by atoms with Crippen LogP contribution in [0, 0.1) is 0 Å². The molecule has 0 aromatic heterocycles. The van der Waals surface area contributed by atoms with Gasteiger partial charge in [0, 0.05) is 18.1 Å². The van der Waals surface area contributed by atoms with Crippen LogP contribution in [0.5, 0.6) is 5.75 Å². The highest BCUT2D eigenvalue weighted by Gasteiger charge is 2.48. The first-order valence-corrected chi connectivity index (χ1v) is 9.32. The predicted octanol–water partition coefficient (Wildman–Crippen LogP) is 2.70. The first-order valence-electron chi connectivity index (χ1n) is 7.84. The van der Waals surface area contributed by atoms with E-state index in [0.29, 0.717) is 5.56 Å². The van der Waals surface area contributed by atoms with Gasteiger partial charge >= 0.3 is 11.1 Å². The standard InChI is InChI=1S/C18H22O6S/c1-9(19)24-15-10(17(2,3)4)8-11-12(13(15)18(5,6)7)14(20)16(21)25(11,22)23/h8H,1-7H3. The normalized spacial score (nSPS) is 16.8. The Morgan fingerprint density at radius 1 is 1.00 bits per heavy atom. The molecule has 1 aliphatic heterocycles. The predicted molar refractivity (Wildman–Crippen MR) is 91.7 cm³/mol. The number of sulfone groups is 1. The lowest BCUT2D eigenvalue weighted by molar-refractivity contribution is -0.132. The van der Waals surface area contributed by atoms with Crippen molar-refractivity contribution in [3.8, 4) is 5.75 Å². The molecule has 0 fully saturated rings. The van der Waals surface area contributed by atoms with Crippen molar-refractivity contribution in [2.75, 3.05) is 0 Å². The van der Waals surface area contributed by atoms with E-state index in [1.807, 2.05) is 20.8 Å². The van der Waals surface area contributed by atoms with Crippen LogP contribution in [-0.4, -0.2) is 25.3 Å². The van der Waals surface area contributed by atoms with Crippen molar-refractivity contribution < 1.29 is 27.5 Å². The number of hydrogen-bond acceptors (Lipinski definition) is 6. The number of benzene rings is 1. The summed E-state index contributed by atoms with van der Waals surface area (Å²) in [4.78, 5) is 35.8. The van der Waals surface area contributed by atoms with Gasteiger partial charge in [-0.15, -0.1) is 0 Å². The number of hydrogen-bond donors (Lipinski definition) is 0. The smallest absolute Gasteiger partial charge is 0.321 e. The average molecular weight is 366 g/mol. The van der Waals surface area contributed by atoms with Gasteiger partial charge < -0.3 is 4.74 Å². The lowest BCUT2D eigenvalue weighted by Crippen LogP contribution is -2.24. The van der Waals surface area contributed by atoms with Gasteiger partial charge in [-0.3, -0.25) is 14.4 Å². The van der Waals surface area contributed by atoms with E-state index in [0.717, 1.165) is 0 Å². The highest BCUT2D eigenvalue weighted by molar-refractivity contribution is 8.09. The summed E-state index contributed by atoms with van der Waals surface area (Å²) in [6.45, 7) is 12.0. The molecular weight excluding hydrogens is 344 g/mol. The van der Waals surface area contributed by atoms with Crippen LogP contribution in [0.15, 0.2) is 11.0 Å². The molecule has 7 heteroatoms. The Bertz CT molecular complexity index is 908. The molecule has 0 bridgehead atoms. The molecule has 2 rings (SSSR count). The molecule has 1 aromatic carbocycles. The number of ether oxygens (including phenoxy) is 1. The molecule has 25 heavy (non-hydrogen) atoms. The zero-order valence-electron chi connectivity index (χ0n) is 15.4. The summed E-state index contributed by atoms with van der Waals surface area (Å²) in [5.74, 6) is -1.51. The fourth-order valence-electron chi connectivity index (χ4n) is 2.92. The third-order valence-electron chi connectivity index (χ3n) is 3.99. The number of ketones is 1. The summed E-state index contributed by atoms with van der Waals surface area (Å²) in [5, 5.41) is -1.44. The van der Waals surface area contributed by atoms with Crippen LogP contribution < -0.4 is 4.74 Å². The highest BCUT2D eigenvalue weighted by atomic mass is 32.2. The van der Waals surface area contributed by atoms with Crippen LogP contribution in [0.2, 0.25) is 0 Å². The van der Waals surface area contributed by atoms with Crippen LogP contribution in [0.25, 0.3) is 0 Å². The van der Waals surface area contributed by atoms with Gasteiger partial charge in [-0.2, -0.15) is 0 Å². The summed E-state index contributed by atoms with van der Waals surface area (Å²) in [5.41, 5.74) is -0.764. The maximum atomic E-state index is 12.4. The van der Waals surface area contributed by atoms with Gasteiger partial charge in [-0.25, -0.2) is 8.42 Å². The fraction of sp³-hybridized carbons (Fsp3) is 0.500. The number of fused-ring (bicyclic) bond motifs is 1. The number of esters is 1. The molecule has 136 valence electrons. The molecule has 0 atom stereocenters. The monoisotopic (exact) mass is 366 g/mol. The van der Waals surface area contributed by atoms with Gasteiger partial charge in [0.05, 0.1) is 10.5 Å². The summed E-state index contributed by atoms with van der Waals surface area (Å²) < 4.78 is 30.2. The van der Waals surface area contributed by atoms with Gasteiger partial charge in [-0.1, -0.05) is 41.5 Å². The van der Waals surface area contributed by atoms with E-state index in [1.165, 1.54) is 13.0 Å². The SMILES string of the molecule is CC(=O)Oc1c(C(C)(C)C)cc2c(c1C(C)(C)C)C(=O)C(=O)S2(=O)=O. The van der Waals surface area contributed by atoms with Crippen molar-refractivity contribution in [1.29, 1.82) is 0 Å². The molecule has 0 radical (unpaired) electrons. The second kappa shape index (κ2) is 5.49. The number of carbonyl (C=O) groups is 3. The maximum Gasteiger partial charge on any atom is 0.321 e. The van der Waals surface area contributed by atoms with E-state index >= 15 is 0 Å². The van der Waals surface area contributed by atoms with Gasteiger partial charge in [0.25, 0.3) is 0 Å². The molecule has 0 amide bonds. The van der Waals surface area contributed by atoms with Gasteiger partial charge in [0.2, 0.25) is 15.6 Å². The van der Waals surface area contributed by atoms with E-state index in [1.54, 1.807) is 20.8 Å². The number of rotatable bonds is 1. The van der Waals surface area contributed by atoms with Crippen molar-refractivity contribution in [1.82, 2.24) is 0 Å². The Morgan fingerprint density at radius 2 is 1.52 bits per heavy atom. The van der Waals surface area contributed by atoms with Crippen molar-refractivity contribution in [2.45, 2.75) is 64.2 Å². The summed E-state index contributed by atoms with van der Waals surface area (Å²) >= 11 is 0. The third-order valence-corrected chi connectivity index (χ3v) is 5.57. The second-order valence-corrected chi connectivity index (χ2v) is 10.0. The molecule has 0 unspecified atom stereocenters. The molecule has 0 saturated heterocycles. The Hall–Kier alpha value is -2.02. The maximum absolute atomic E-state index is 12.4. The first kappa shape index (κ1) is 19.3. The molecule has 0 aliphatic carbocycles. The third kappa shape index (κ3) is 3.01. The van der Waals surface area contributed by atoms with Crippen LogP contribution in [-0.2, 0) is 30.3 Å². The molecule has 6 nitrogen and oxygen atoms in total. The Labute approximate surface area is 147 Å². The molecule has 0 spiro atoms. The minimum atomic E-state index is -4.37. The minimum Gasteiger partial charge on any atom is -0.426 e. The van der Waals surface area contributed by atoms with Crippen LogP contribution in [0.1, 0.15) is 70.0 Å². The first-order chi connectivity index (χ1) is 11.1. The van der Waals surface area contributed by atoms with E-state index in [-0.39, 0.29) is 21.8 Å². The second-order valence-electron chi connectivity index (χ2n) is 8.22. The summed E-state index contributed by atoms with van der Waals surface area (Å²) in [6.07, 6.45) is 0. The van der Waals surface area contributed by atoms with Crippen molar-refractivity contribution in [3.05, 3.63) is 22.8 Å². The van der Waals surface area contributed by atoms with Crippen molar-refractivity contribution in [3.63, 3.8) is 0 Å². The number of carbonyl (C=O) groups excluding carboxylic acids is 3. The lowest BCUT2D eigenvalue weighted by atomic mass is 9.76. The Kier molecular flexibility index (Phi) is 4.24. The fourth-order valence-corrected chi connectivity index (χ4v) is 4.21. The summed E-state index contributed by atoms with van der Waals surface area (Å²) in [6, 6.07) is 1.29. The van der Waals surface area contributed by atoms with E-state index in [4.69, 9.17) is 4.74 Å². The van der Waals surface area contributed by atoms with Gasteiger partial charge in [0.15, 0.2) is 0 Å². The largest absolute Gasteiger partial charge is 0.426 e. The van der Waals surface area contributed by atoms with Crippen molar-refractivity contribution >= 4 is 26.7 Å². The zero-order valence-corrected chi connectivity index (χ0v) is 16.3. The molecule has 1 aromatic rings. The average Bonchev–Trinajstić information content (AvgIpc) is 2.56. The van der Waals surface area contributed by atoms with E-state index in [9.17, 15) is 22.8 Å². The van der Waals surface area contributed by atoms with E-state index in [2.05, 4.69) is 0 Å². The molecule has 0 N–H and O–H groups in total. The van der Waals surface area contributed by atoms with E-state index < -0.39 is 37.5 Å². The van der Waals surface area contributed by atoms with Crippen LogP contribution in [0.4, 0.5) is 0 Å². The summed E-state index contributed by atoms with van der Waals surface area (Å²) in [7, 11) is -4.37. The number of Topliss-reactive ketones (excluding diaryl/α,β-unsaturated/α-hetero) is 1. The molecule has 1 heterocycles. The Morgan fingerprint density at radius 3 is 1.92 bits per heavy atom. The van der Waals surface area contributed by atoms with Crippen LogP contribution in [0.3, 0.4) is 0 Å². The Balaban J connectivity index is 3.12. The molecule has 0 saturated carbocycles. The lowest BCUT2D eigenvalue weighted by Gasteiger charge is -2.30. The highest BCUT2D eigenvalue weighted by Crippen LogP contribution is 2.47. The van der Waals surface area contributed by atoms with Gasteiger partial charge in [0.1, 0.15) is 5.75 Å². The van der Waals surface area contributed by atoms with Gasteiger partial charge in [-0.05, 0) is 16.9 Å². The van der Waals surface area contributed by atoms with Crippen molar-refractivity contribution in [2.24, 2.45) is 0 Å². The molecule has 1 aliphatic rings.